The van der Waals surface area contributed by atoms with E-state index in [-0.39, 0.29) is 28.5 Å². The van der Waals surface area contributed by atoms with Gasteiger partial charge in [0, 0.05) is 49.0 Å². The van der Waals surface area contributed by atoms with Gasteiger partial charge in [-0.15, -0.1) is 0 Å². The Kier molecular flexibility index (Phi) is 4.82. The van der Waals surface area contributed by atoms with Crippen LogP contribution in [0, 0.1) is 13.8 Å². The molecule has 1 saturated heterocycles. The Hall–Kier alpha value is -3.22. The van der Waals surface area contributed by atoms with Crippen molar-refractivity contribution in [3.8, 4) is 0 Å². The fraction of sp³-hybridized carbons (Fsp3) is 0.364. The molecule has 1 amide bonds. The molecule has 0 saturated carbocycles. The monoisotopic (exact) mass is 392 g/mol. The molecule has 4 rings (SSSR count). The van der Waals surface area contributed by atoms with E-state index in [0.29, 0.717) is 24.2 Å². The van der Waals surface area contributed by atoms with Crippen molar-refractivity contribution in [1.82, 2.24) is 19.4 Å². The van der Waals surface area contributed by atoms with E-state index in [1.165, 1.54) is 4.57 Å². The van der Waals surface area contributed by atoms with Crippen molar-refractivity contribution in [2.75, 3.05) is 13.1 Å². The Morgan fingerprint density at radius 1 is 1.24 bits per heavy atom. The van der Waals surface area contributed by atoms with Gasteiger partial charge in [0.1, 0.15) is 11.1 Å². The lowest BCUT2D eigenvalue weighted by Gasteiger charge is -2.33. The van der Waals surface area contributed by atoms with Crippen LogP contribution in [0.25, 0.3) is 10.9 Å². The zero-order chi connectivity index (χ0) is 20.7. The first-order chi connectivity index (χ1) is 13.9. The van der Waals surface area contributed by atoms with Crippen LogP contribution in [-0.4, -0.2) is 38.4 Å². The largest absolute Gasteiger partial charge is 0.338 e. The summed E-state index contributed by atoms with van der Waals surface area (Å²) in [7, 11) is 1.68. The number of nitrogens with zero attached hydrogens (tertiary/aromatic N) is 3. The number of piperidine rings is 1. The second-order valence-corrected chi connectivity index (χ2v) is 7.79. The van der Waals surface area contributed by atoms with E-state index in [1.807, 2.05) is 25.1 Å². The molecule has 1 aliphatic rings. The molecule has 1 N–H and O–H groups in total. The molecule has 3 aromatic heterocycles. The summed E-state index contributed by atoms with van der Waals surface area (Å²) in [5.41, 5.74) is 2.49. The Labute approximate surface area is 168 Å². The van der Waals surface area contributed by atoms with Gasteiger partial charge in [-0.25, -0.2) is 0 Å². The minimum atomic E-state index is -0.264. The normalized spacial score (nSPS) is 16.9. The third-order valence-corrected chi connectivity index (χ3v) is 5.85. The highest BCUT2D eigenvalue weighted by Gasteiger charge is 2.29. The second-order valence-electron chi connectivity index (χ2n) is 7.79. The fourth-order valence-electron chi connectivity index (χ4n) is 4.15. The van der Waals surface area contributed by atoms with Crippen LogP contribution in [0.2, 0.25) is 0 Å². The highest BCUT2D eigenvalue weighted by molar-refractivity contribution is 5.95. The average molecular weight is 392 g/mol. The predicted molar refractivity (Wildman–Crippen MR) is 111 cm³/mol. The van der Waals surface area contributed by atoms with Crippen LogP contribution in [0.1, 0.15) is 46.1 Å². The SMILES string of the molecule is Cc1cc(C)n(C)c(=O)c1C(=O)N1CCC[C@H](c2cc3cccnc3c(=O)[nH]2)C1. The highest BCUT2D eigenvalue weighted by Crippen LogP contribution is 2.27. The van der Waals surface area contributed by atoms with E-state index in [0.717, 1.165) is 29.6 Å². The highest BCUT2D eigenvalue weighted by atomic mass is 16.2. The molecule has 1 fully saturated rings. The van der Waals surface area contributed by atoms with Crippen molar-refractivity contribution < 1.29 is 4.79 Å². The molecule has 0 bridgehead atoms. The van der Waals surface area contributed by atoms with Gasteiger partial charge in [0.05, 0.1) is 0 Å². The third kappa shape index (κ3) is 3.37. The molecule has 0 unspecified atom stereocenters. The quantitative estimate of drug-likeness (QED) is 0.725. The Morgan fingerprint density at radius 3 is 2.83 bits per heavy atom. The van der Waals surface area contributed by atoms with Gasteiger partial charge < -0.3 is 14.5 Å². The van der Waals surface area contributed by atoms with Crippen molar-refractivity contribution in [2.45, 2.75) is 32.6 Å². The number of hydrogen-bond acceptors (Lipinski definition) is 4. The Morgan fingerprint density at radius 2 is 2.03 bits per heavy atom. The third-order valence-electron chi connectivity index (χ3n) is 5.85. The van der Waals surface area contributed by atoms with E-state index in [9.17, 15) is 14.4 Å². The smallest absolute Gasteiger partial charge is 0.274 e. The molecule has 7 heteroatoms. The van der Waals surface area contributed by atoms with Crippen LogP contribution in [0.3, 0.4) is 0 Å². The predicted octanol–water partition coefficient (Wildman–Crippen LogP) is 2.26. The number of fused-ring (bicyclic) bond motifs is 1. The maximum Gasteiger partial charge on any atom is 0.274 e. The molecule has 0 radical (unpaired) electrons. The van der Waals surface area contributed by atoms with Gasteiger partial charge in [0.2, 0.25) is 0 Å². The van der Waals surface area contributed by atoms with Crippen LogP contribution in [-0.2, 0) is 7.05 Å². The molecule has 0 aliphatic carbocycles. The summed E-state index contributed by atoms with van der Waals surface area (Å²) in [4.78, 5) is 47.1. The summed E-state index contributed by atoms with van der Waals surface area (Å²) in [6.07, 6.45) is 3.29. The molecule has 0 spiro atoms. The number of H-pyrrole nitrogens is 1. The summed E-state index contributed by atoms with van der Waals surface area (Å²) >= 11 is 0. The molecule has 29 heavy (non-hydrogen) atoms. The molecular formula is C22H24N4O3. The Bertz CT molecular complexity index is 1220. The first kappa shape index (κ1) is 19.1. The summed E-state index contributed by atoms with van der Waals surface area (Å²) in [5.74, 6) is -0.225. The maximum atomic E-state index is 13.2. The Balaban J connectivity index is 1.66. The van der Waals surface area contributed by atoms with E-state index in [2.05, 4.69) is 9.97 Å². The molecule has 4 heterocycles. The molecular weight excluding hydrogens is 368 g/mol. The van der Waals surface area contributed by atoms with Gasteiger partial charge in [-0.05, 0) is 50.5 Å². The van der Waals surface area contributed by atoms with Gasteiger partial charge in [0.25, 0.3) is 17.0 Å². The van der Waals surface area contributed by atoms with Crippen molar-refractivity contribution in [2.24, 2.45) is 7.05 Å². The molecule has 3 aromatic rings. The van der Waals surface area contributed by atoms with Crippen LogP contribution in [0.5, 0.6) is 0 Å². The number of amides is 1. The molecule has 0 aromatic carbocycles. The van der Waals surface area contributed by atoms with Gasteiger partial charge >= 0.3 is 0 Å². The van der Waals surface area contributed by atoms with Crippen molar-refractivity contribution in [3.63, 3.8) is 0 Å². The summed E-state index contributed by atoms with van der Waals surface area (Å²) in [6.45, 7) is 4.73. The number of aromatic nitrogens is 3. The van der Waals surface area contributed by atoms with Crippen molar-refractivity contribution >= 4 is 16.8 Å². The number of carbonyl (C=O) groups is 1. The maximum absolute atomic E-state index is 13.2. The van der Waals surface area contributed by atoms with Gasteiger partial charge in [-0.2, -0.15) is 0 Å². The van der Waals surface area contributed by atoms with E-state index in [4.69, 9.17) is 0 Å². The van der Waals surface area contributed by atoms with E-state index < -0.39 is 0 Å². The van der Waals surface area contributed by atoms with Gasteiger partial charge in [0.15, 0.2) is 0 Å². The summed E-state index contributed by atoms with van der Waals surface area (Å²) in [5, 5.41) is 0.790. The number of aryl methyl sites for hydroxylation is 2. The minimum absolute atomic E-state index is 0.0135. The number of carbonyl (C=O) groups excluding carboxylic acids is 1. The fourth-order valence-corrected chi connectivity index (χ4v) is 4.15. The molecule has 1 aliphatic heterocycles. The minimum Gasteiger partial charge on any atom is -0.338 e. The standard InChI is InChI=1S/C22H24N4O3/c1-13-10-14(2)25(3)21(28)18(13)22(29)26-9-5-7-16(12-26)17-11-15-6-4-8-23-19(15)20(27)24-17/h4,6,8,10-11,16H,5,7,9,12H2,1-3H3,(H,24,27)/t16-/m0/s1. The number of likely N-dealkylation sites (tertiary alicyclic amines) is 1. The van der Waals surface area contributed by atoms with Crippen molar-refractivity contribution in [1.29, 1.82) is 0 Å². The van der Waals surface area contributed by atoms with Gasteiger partial charge in [-0.3, -0.25) is 19.4 Å². The van der Waals surface area contributed by atoms with Crippen molar-refractivity contribution in [3.05, 3.63) is 73.7 Å². The van der Waals surface area contributed by atoms with E-state index >= 15 is 0 Å². The van der Waals surface area contributed by atoms with Gasteiger partial charge in [-0.1, -0.05) is 6.07 Å². The van der Waals surface area contributed by atoms with Crippen LogP contribution < -0.4 is 11.1 Å². The average Bonchev–Trinajstić information content (AvgIpc) is 2.72. The topological polar surface area (TPSA) is 88.1 Å². The zero-order valence-electron chi connectivity index (χ0n) is 16.9. The number of pyridine rings is 3. The molecule has 1 atom stereocenters. The number of rotatable bonds is 2. The lowest BCUT2D eigenvalue weighted by molar-refractivity contribution is 0.0702. The summed E-state index contributed by atoms with van der Waals surface area (Å²) in [6, 6.07) is 7.48. The molecule has 7 nitrogen and oxygen atoms in total. The van der Waals surface area contributed by atoms with E-state index in [1.54, 1.807) is 31.1 Å². The second kappa shape index (κ2) is 7.31. The van der Waals surface area contributed by atoms with Crippen LogP contribution >= 0.6 is 0 Å². The zero-order valence-corrected chi connectivity index (χ0v) is 16.9. The molecule has 150 valence electrons. The first-order valence-electron chi connectivity index (χ1n) is 9.81. The first-order valence-corrected chi connectivity index (χ1v) is 9.81. The lowest BCUT2D eigenvalue weighted by atomic mass is 9.93. The number of aromatic amines is 1. The van der Waals surface area contributed by atoms with Crippen LogP contribution in [0.4, 0.5) is 0 Å². The lowest BCUT2D eigenvalue weighted by Crippen LogP contribution is -2.42. The van der Waals surface area contributed by atoms with Crippen LogP contribution in [0.15, 0.2) is 40.1 Å². The number of nitrogens with one attached hydrogen (secondary N) is 1. The number of hydrogen-bond donors (Lipinski definition) is 1. The summed E-state index contributed by atoms with van der Waals surface area (Å²) < 4.78 is 1.51.